The zero-order valence-corrected chi connectivity index (χ0v) is 9.79. The van der Waals surface area contributed by atoms with Crippen molar-refractivity contribution in [2.75, 3.05) is 13.1 Å². The molecule has 0 atom stereocenters. The van der Waals surface area contributed by atoms with Gasteiger partial charge in [-0.3, -0.25) is 0 Å². The molecular weight excluding hydrogens is 196 g/mol. The highest BCUT2D eigenvalue weighted by atomic mass is 14.9. The maximum Gasteiger partial charge on any atom is 0.0694 e. The van der Waals surface area contributed by atoms with Gasteiger partial charge in [0.15, 0.2) is 0 Å². The molecule has 0 spiro atoms. The molecule has 1 aliphatic heterocycles. The van der Waals surface area contributed by atoms with E-state index in [4.69, 9.17) is 0 Å². The lowest BCUT2D eigenvalue weighted by Crippen LogP contribution is -2.37. The van der Waals surface area contributed by atoms with Crippen LogP contribution in [0, 0.1) is 23.7 Å². The molecule has 1 aromatic carbocycles. The van der Waals surface area contributed by atoms with E-state index in [2.05, 4.69) is 42.6 Å². The molecule has 84 valence electrons. The Morgan fingerprint density at radius 2 is 1.88 bits per heavy atom. The van der Waals surface area contributed by atoms with Gasteiger partial charge in [-0.05, 0) is 44.8 Å². The summed E-state index contributed by atoms with van der Waals surface area (Å²) in [6.07, 6.45) is 2.83. The van der Waals surface area contributed by atoms with Crippen LogP contribution in [0.2, 0.25) is 0 Å². The SMILES string of the molecule is Cc1ccc(CC2(C#N)CCNCC2)cc1. The van der Waals surface area contributed by atoms with E-state index in [-0.39, 0.29) is 5.41 Å². The summed E-state index contributed by atoms with van der Waals surface area (Å²) in [6, 6.07) is 11.1. The molecule has 0 aliphatic carbocycles. The summed E-state index contributed by atoms with van der Waals surface area (Å²) in [5, 5.41) is 12.7. The fourth-order valence-electron chi connectivity index (χ4n) is 2.33. The van der Waals surface area contributed by atoms with Crippen molar-refractivity contribution in [3.05, 3.63) is 35.4 Å². The van der Waals surface area contributed by atoms with E-state index in [0.29, 0.717) is 0 Å². The molecule has 1 heterocycles. The van der Waals surface area contributed by atoms with E-state index in [1.165, 1.54) is 11.1 Å². The Kier molecular flexibility index (Phi) is 3.26. The lowest BCUT2D eigenvalue weighted by Gasteiger charge is -2.31. The zero-order chi connectivity index (χ0) is 11.4. The molecule has 0 saturated carbocycles. The van der Waals surface area contributed by atoms with E-state index in [1.807, 2.05) is 0 Å². The number of piperidine rings is 1. The summed E-state index contributed by atoms with van der Waals surface area (Å²) in [4.78, 5) is 0. The maximum absolute atomic E-state index is 9.38. The second kappa shape index (κ2) is 4.67. The van der Waals surface area contributed by atoms with Crippen LogP contribution in [0.5, 0.6) is 0 Å². The topological polar surface area (TPSA) is 35.8 Å². The van der Waals surface area contributed by atoms with Gasteiger partial charge in [0, 0.05) is 0 Å². The van der Waals surface area contributed by atoms with E-state index in [1.54, 1.807) is 0 Å². The molecule has 0 unspecified atom stereocenters. The molecule has 1 aromatic rings. The molecule has 2 nitrogen and oxygen atoms in total. The van der Waals surface area contributed by atoms with Crippen molar-refractivity contribution in [2.24, 2.45) is 5.41 Å². The minimum absolute atomic E-state index is 0.138. The number of benzene rings is 1. The molecule has 1 saturated heterocycles. The summed E-state index contributed by atoms with van der Waals surface area (Å²) in [7, 11) is 0. The van der Waals surface area contributed by atoms with Crippen LogP contribution < -0.4 is 5.32 Å². The van der Waals surface area contributed by atoms with Gasteiger partial charge in [-0.1, -0.05) is 29.8 Å². The Morgan fingerprint density at radius 1 is 1.25 bits per heavy atom. The monoisotopic (exact) mass is 214 g/mol. The van der Waals surface area contributed by atoms with E-state index < -0.39 is 0 Å². The van der Waals surface area contributed by atoms with Gasteiger partial charge in [-0.15, -0.1) is 0 Å². The van der Waals surface area contributed by atoms with Crippen LogP contribution in [0.3, 0.4) is 0 Å². The predicted molar refractivity (Wildman–Crippen MR) is 65.0 cm³/mol. The van der Waals surface area contributed by atoms with E-state index >= 15 is 0 Å². The summed E-state index contributed by atoms with van der Waals surface area (Å²) in [5.41, 5.74) is 2.43. The quantitative estimate of drug-likeness (QED) is 0.820. The van der Waals surface area contributed by atoms with Crippen LogP contribution in [0.15, 0.2) is 24.3 Å². The standard InChI is InChI=1S/C14H18N2/c1-12-2-4-13(5-3-12)10-14(11-15)6-8-16-9-7-14/h2-5,16H,6-10H2,1H3. The second-order valence-electron chi connectivity index (χ2n) is 4.80. The van der Waals surface area contributed by atoms with Gasteiger partial charge in [0.1, 0.15) is 0 Å². The Bertz CT molecular complexity index is 380. The highest BCUT2D eigenvalue weighted by Gasteiger charge is 2.31. The Hall–Kier alpha value is -1.33. The largest absolute Gasteiger partial charge is 0.317 e. The van der Waals surface area contributed by atoms with Crippen molar-refractivity contribution in [2.45, 2.75) is 26.2 Å². The molecule has 1 aliphatic rings. The first-order valence-corrected chi connectivity index (χ1v) is 5.92. The van der Waals surface area contributed by atoms with Crippen LogP contribution in [-0.2, 0) is 6.42 Å². The third kappa shape index (κ3) is 2.43. The van der Waals surface area contributed by atoms with Crippen molar-refractivity contribution in [1.82, 2.24) is 5.32 Å². The summed E-state index contributed by atoms with van der Waals surface area (Å²) < 4.78 is 0. The maximum atomic E-state index is 9.38. The second-order valence-corrected chi connectivity index (χ2v) is 4.80. The molecule has 2 rings (SSSR count). The van der Waals surface area contributed by atoms with Crippen LogP contribution in [0.25, 0.3) is 0 Å². The summed E-state index contributed by atoms with van der Waals surface area (Å²) in [5.74, 6) is 0. The molecule has 0 aromatic heterocycles. The first kappa shape index (κ1) is 11.2. The molecule has 16 heavy (non-hydrogen) atoms. The third-order valence-electron chi connectivity index (χ3n) is 3.46. The number of hydrogen-bond donors (Lipinski definition) is 1. The lowest BCUT2D eigenvalue weighted by molar-refractivity contribution is 0.280. The zero-order valence-electron chi connectivity index (χ0n) is 9.79. The average molecular weight is 214 g/mol. The highest BCUT2D eigenvalue weighted by Crippen LogP contribution is 2.32. The Labute approximate surface area is 97.3 Å². The van der Waals surface area contributed by atoms with E-state index in [9.17, 15) is 5.26 Å². The molecule has 1 fully saturated rings. The lowest BCUT2D eigenvalue weighted by atomic mass is 9.75. The number of aryl methyl sites for hydroxylation is 1. The van der Waals surface area contributed by atoms with Crippen LogP contribution in [-0.4, -0.2) is 13.1 Å². The first-order chi connectivity index (χ1) is 7.74. The Morgan fingerprint density at radius 3 is 2.44 bits per heavy atom. The summed E-state index contributed by atoms with van der Waals surface area (Å²) >= 11 is 0. The number of nitrogens with zero attached hydrogens (tertiary/aromatic N) is 1. The number of nitriles is 1. The molecule has 0 radical (unpaired) electrons. The smallest absolute Gasteiger partial charge is 0.0694 e. The summed E-state index contributed by atoms with van der Waals surface area (Å²) in [6.45, 7) is 4.03. The van der Waals surface area contributed by atoms with Crippen molar-refractivity contribution in [3.63, 3.8) is 0 Å². The first-order valence-electron chi connectivity index (χ1n) is 5.92. The average Bonchev–Trinajstić information content (AvgIpc) is 2.33. The van der Waals surface area contributed by atoms with E-state index in [0.717, 1.165) is 32.4 Å². The molecule has 2 heteroatoms. The minimum atomic E-state index is -0.138. The van der Waals surface area contributed by atoms with Gasteiger partial charge in [0.05, 0.1) is 11.5 Å². The third-order valence-corrected chi connectivity index (χ3v) is 3.46. The number of hydrogen-bond acceptors (Lipinski definition) is 2. The van der Waals surface area contributed by atoms with Crippen LogP contribution in [0.4, 0.5) is 0 Å². The van der Waals surface area contributed by atoms with Crippen molar-refractivity contribution >= 4 is 0 Å². The van der Waals surface area contributed by atoms with Gasteiger partial charge in [-0.2, -0.15) is 5.26 Å². The molecule has 0 bridgehead atoms. The van der Waals surface area contributed by atoms with Gasteiger partial charge >= 0.3 is 0 Å². The van der Waals surface area contributed by atoms with Gasteiger partial charge < -0.3 is 5.32 Å². The predicted octanol–water partition coefficient (Wildman–Crippen LogP) is 2.43. The van der Waals surface area contributed by atoms with Gasteiger partial charge in [0.2, 0.25) is 0 Å². The number of rotatable bonds is 2. The fraction of sp³-hybridized carbons (Fsp3) is 0.500. The molecule has 0 amide bonds. The van der Waals surface area contributed by atoms with Crippen molar-refractivity contribution < 1.29 is 0 Å². The normalized spacial score (nSPS) is 19.0. The van der Waals surface area contributed by atoms with Crippen LogP contribution in [0.1, 0.15) is 24.0 Å². The Balaban J connectivity index is 2.12. The van der Waals surface area contributed by atoms with Gasteiger partial charge in [-0.25, -0.2) is 0 Å². The van der Waals surface area contributed by atoms with Crippen LogP contribution >= 0.6 is 0 Å². The van der Waals surface area contributed by atoms with Crippen molar-refractivity contribution in [1.29, 1.82) is 5.26 Å². The fourth-order valence-corrected chi connectivity index (χ4v) is 2.33. The highest BCUT2D eigenvalue weighted by molar-refractivity contribution is 5.24. The molecular formula is C14H18N2. The minimum Gasteiger partial charge on any atom is -0.317 e. The van der Waals surface area contributed by atoms with Crippen molar-refractivity contribution in [3.8, 4) is 6.07 Å². The van der Waals surface area contributed by atoms with Gasteiger partial charge in [0.25, 0.3) is 0 Å². The number of nitrogens with one attached hydrogen (secondary N) is 1. The molecule has 1 N–H and O–H groups in total.